The third kappa shape index (κ3) is 2.88. The molecule has 6 heteroatoms. The van der Waals surface area contributed by atoms with Crippen LogP contribution in [0.3, 0.4) is 0 Å². The second kappa shape index (κ2) is 5.19. The fraction of sp³-hybridized carbons (Fsp3) is 0.769. The van der Waals surface area contributed by atoms with E-state index < -0.39 is 29.0 Å². The molecule has 0 aromatic heterocycles. The third-order valence-electron chi connectivity index (χ3n) is 3.19. The van der Waals surface area contributed by atoms with Gasteiger partial charge in [-0.05, 0) is 33.6 Å². The topological polar surface area (TPSA) is 83.9 Å². The molecule has 1 aliphatic rings. The highest BCUT2D eigenvalue weighted by atomic mass is 16.6. The number of carbonyl (C=O) groups excluding carboxylic acids is 2. The van der Waals surface area contributed by atoms with Crippen molar-refractivity contribution in [3.63, 3.8) is 0 Å². The number of piperidine rings is 1. The van der Waals surface area contributed by atoms with E-state index in [9.17, 15) is 19.5 Å². The van der Waals surface area contributed by atoms with Crippen molar-refractivity contribution in [2.45, 2.75) is 58.1 Å². The van der Waals surface area contributed by atoms with Gasteiger partial charge >= 0.3 is 12.1 Å². The maximum Gasteiger partial charge on any atom is 0.411 e. The quantitative estimate of drug-likeness (QED) is 0.774. The van der Waals surface area contributed by atoms with Crippen LogP contribution in [0.15, 0.2) is 0 Å². The zero-order valence-corrected chi connectivity index (χ0v) is 11.9. The third-order valence-corrected chi connectivity index (χ3v) is 3.19. The Morgan fingerprint density at radius 2 is 2.00 bits per heavy atom. The average Bonchev–Trinajstić information content (AvgIpc) is 2.26. The number of amides is 1. The van der Waals surface area contributed by atoms with E-state index in [1.54, 1.807) is 27.7 Å². The number of ether oxygens (including phenoxy) is 1. The molecule has 1 heterocycles. The van der Waals surface area contributed by atoms with E-state index in [0.717, 1.165) is 4.90 Å². The number of rotatable bonds is 2. The van der Waals surface area contributed by atoms with E-state index in [1.165, 1.54) is 0 Å². The minimum absolute atomic E-state index is 0.0421. The Bertz CT molecular complexity index is 398. The lowest BCUT2D eigenvalue weighted by molar-refractivity contribution is -0.160. The van der Waals surface area contributed by atoms with E-state index >= 15 is 0 Å². The number of aliphatic carboxylic acids is 1. The highest BCUT2D eigenvalue weighted by molar-refractivity contribution is 6.10. The first-order chi connectivity index (χ1) is 8.65. The van der Waals surface area contributed by atoms with Crippen LogP contribution >= 0.6 is 0 Å². The number of carboxylic acids is 1. The van der Waals surface area contributed by atoms with Gasteiger partial charge in [-0.1, -0.05) is 6.92 Å². The molecule has 0 radical (unpaired) electrons. The summed E-state index contributed by atoms with van der Waals surface area (Å²) in [6, 6.07) is 0. The van der Waals surface area contributed by atoms with Crippen LogP contribution < -0.4 is 0 Å². The van der Waals surface area contributed by atoms with E-state index in [2.05, 4.69) is 0 Å². The molecule has 1 N–H and O–H groups in total. The lowest BCUT2D eigenvalue weighted by atomic mass is 9.83. The van der Waals surface area contributed by atoms with Gasteiger partial charge < -0.3 is 9.84 Å². The molecule has 19 heavy (non-hydrogen) atoms. The SMILES string of the molecule is CCC1(C(=O)O)C(=O)CCCN1C(=O)OC(C)(C)C. The Morgan fingerprint density at radius 3 is 2.42 bits per heavy atom. The predicted molar refractivity (Wildman–Crippen MR) is 67.8 cm³/mol. The lowest BCUT2D eigenvalue weighted by Gasteiger charge is -2.42. The van der Waals surface area contributed by atoms with Gasteiger partial charge in [-0.2, -0.15) is 0 Å². The fourth-order valence-electron chi connectivity index (χ4n) is 2.28. The summed E-state index contributed by atoms with van der Waals surface area (Å²) in [5.41, 5.74) is -2.50. The van der Waals surface area contributed by atoms with Gasteiger partial charge in [0.1, 0.15) is 5.60 Å². The largest absolute Gasteiger partial charge is 0.479 e. The summed E-state index contributed by atoms with van der Waals surface area (Å²) in [4.78, 5) is 36.8. The van der Waals surface area contributed by atoms with Gasteiger partial charge in [0.05, 0.1) is 0 Å². The van der Waals surface area contributed by atoms with Crippen molar-refractivity contribution in [2.24, 2.45) is 0 Å². The summed E-state index contributed by atoms with van der Waals surface area (Å²) in [5, 5.41) is 9.41. The minimum atomic E-state index is -1.78. The first-order valence-corrected chi connectivity index (χ1v) is 6.42. The molecule has 1 atom stereocenters. The predicted octanol–water partition coefficient (Wildman–Crippen LogP) is 1.82. The van der Waals surface area contributed by atoms with Crippen molar-refractivity contribution in [3.8, 4) is 0 Å². The van der Waals surface area contributed by atoms with Gasteiger partial charge in [0.2, 0.25) is 5.54 Å². The van der Waals surface area contributed by atoms with Crippen molar-refractivity contribution < 1.29 is 24.2 Å². The molecule has 6 nitrogen and oxygen atoms in total. The first kappa shape index (κ1) is 15.5. The molecule has 1 fully saturated rings. The second-order valence-electron chi connectivity index (χ2n) is 5.68. The number of Topliss-reactive ketones (excluding diaryl/α,β-unsaturated/α-hetero) is 1. The number of carbonyl (C=O) groups is 3. The van der Waals surface area contributed by atoms with Crippen LogP contribution in [-0.2, 0) is 14.3 Å². The Morgan fingerprint density at radius 1 is 1.42 bits per heavy atom. The maximum absolute atomic E-state index is 12.1. The average molecular weight is 271 g/mol. The Balaban J connectivity index is 3.11. The zero-order valence-electron chi connectivity index (χ0n) is 11.9. The summed E-state index contributed by atoms with van der Waals surface area (Å²) in [7, 11) is 0. The Labute approximate surface area is 112 Å². The molecule has 1 unspecified atom stereocenters. The van der Waals surface area contributed by atoms with Crippen LogP contribution in [0.4, 0.5) is 4.79 Å². The number of carboxylic acid groups (broad SMARTS) is 1. The molecule has 108 valence electrons. The standard InChI is InChI=1S/C13H21NO5/c1-5-13(10(16)17)9(15)7-6-8-14(13)11(18)19-12(2,3)4/h5-8H2,1-4H3,(H,16,17). The molecule has 0 spiro atoms. The van der Waals surface area contributed by atoms with Crippen LogP contribution in [0, 0.1) is 0 Å². The number of likely N-dealkylation sites (tertiary alicyclic amines) is 1. The van der Waals surface area contributed by atoms with E-state index in [-0.39, 0.29) is 19.4 Å². The summed E-state index contributed by atoms with van der Waals surface area (Å²) in [5.74, 6) is -1.72. The second-order valence-corrected chi connectivity index (χ2v) is 5.68. The zero-order chi connectivity index (χ0) is 14.8. The monoisotopic (exact) mass is 271 g/mol. The van der Waals surface area contributed by atoms with E-state index in [4.69, 9.17) is 4.74 Å². The van der Waals surface area contributed by atoms with Crippen LogP contribution in [0.1, 0.15) is 47.0 Å². The fourth-order valence-corrected chi connectivity index (χ4v) is 2.28. The normalized spacial score (nSPS) is 24.2. The van der Waals surface area contributed by atoms with Gasteiger partial charge in [-0.15, -0.1) is 0 Å². The number of nitrogens with zero attached hydrogens (tertiary/aromatic N) is 1. The van der Waals surface area contributed by atoms with Crippen molar-refractivity contribution in [2.75, 3.05) is 6.54 Å². The van der Waals surface area contributed by atoms with Crippen molar-refractivity contribution in [1.82, 2.24) is 4.90 Å². The molecule has 0 aromatic carbocycles. The molecule has 0 bridgehead atoms. The van der Waals surface area contributed by atoms with Gasteiger partial charge in [0.25, 0.3) is 0 Å². The van der Waals surface area contributed by atoms with Crippen LogP contribution in [0.2, 0.25) is 0 Å². The summed E-state index contributed by atoms with van der Waals surface area (Å²) < 4.78 is 5.20. The Hall–Kier alpha value is -1.59. The summed E-state index contributed by atoms with van der Waals surface area (Å²) >= 11 is 0. The molecule has 1 amide bonds. The van der Waals surface area contributed by atoms with Crippen LogP contribution in [0.5, 0.6) is 0 Å². The lowest BCUT2D eigenvalue weighted by Crippen LogP contribution is -2.64. The van der Waals surface area contributed by atoms with Crippen molar-refractivity contribution >= 4 is 17.8 Å². The first-order valence-electron chi connectivity index (χ1n) is 6.42. The maximum atomic E-state index is 12.1. The molecular formula is C13H21NO5. The smallest absolute Gasteiger partial charge is 0.411 e. The van der Waals surface area contributed by atoms with E-state index in [0.29, 0.717) is 6.42 Å². The summed E-state index contributed by atoms with van der Waals surface area (Å²) in [6.07, 6.45) is -0.0581. The molecule has 1 saturated heterocycles. The number of ketones is 1. The van der Waals surface area contributed by atoms with Crippen LogP contribution in [0.25, 0.3) is 0 Å². The highest BCUT2D eigenvalue weighted by Gasteiger charge is 2.54. The van der Waals surface area contributed by atoms with E-state index in [1.807, 2.05) is 0 Å². The van der Waals surface area contributed by atoms with Gasteiger partial charge in [0, 0.05) is 13.0 Å². The van der Waals surface area contributed by atoms with Crippen molar-refractivity contribution in [1.29, 1.82) is 0 Å². The van der Waals surface area contributed by atoms with Gasteiger partial charge in [0.15, 0.2) is 5.78 Å². The molecule has 1 rings (SSSR count). The highest BCUT2D eigenvalue weighted by Crippen LogP contribution is 2.30. The van der Waals surface area contributed by atoms with Crippen molar-refractivity contribution in [3.05, 3.63) is 0 Å². The molecule has 0 saturated carbocycles. The molecule has 1 aliphatic heterocycles. The van der Waals surface area contributed by atoms with Gasteiger partial charge in [-0.3, -0.25) is 9.69 Å². The molecular weight excluding hydrogens is 250 g/mol. The Kier molecular flexibility index (Phi) is 4.22. The number of hydrogen-bond donors (Lipinski definition) is 1. The summed E-state index contributed by atoms with van der Waals surface area (Å²) in [6.45, 7) is 6.91. The number of hydrogen-bond acceptors (Lipinski definition) is 4. The molecule has 0 aliphatic carbocycles. The molecule has 0 aromatic rings. The van der Waals surface area contributed by atoms with Crippen LogP contribution in [-0.4, -0.2) is 45.5 Å². The minimum Gasteiger partial charge on any atom is -0.479 e. The van der Waals surface area contributed by atoms with Gasteiger partial charge in [-0.25, -0.2) is 9.59 Å².